The van der Waals surface area contributed by atoms with Crippen LogP contribution in [0.1, 0.15) is 21.6 Å². The summed E-state index contributed by atoms with van der Waals surface area (Å²) in [6, 6.07) is 14.0. The lowest BCUT2D eigenvalue weighted by Crippen LogP contribution is -2.30. The second-order valence-electron chi connectivity index (χ2n) is 6.64. The van der Waals surface area contributed by atoms with Crippen LogP contribution in [0.15, 0.2) is 59.5 Å². The molecule has 156 valence electrons. The fourth-order valence-corrected chi connectivity index (χ4v) is 2.93. The zero-order chi connectivity index (χ0) is 21.5. The topological polar surface area (TPSA) is 102 Å². The van der Waals surface area contributed by atoms with E-state index in [1.807, 2.05) is 24.3 Å². The van der Waals surface area contributed by atoms with Crippen LogP contribution in [-0.4, -0.2) is 41.7 Å². The van der Waals surface area contributed by atoms with Crippen molar-refractivity contribution in [3.63, 3.8) is 0 Å². The zero-order valence-electron chi connectivity index (χ0n) is 16.8. The van der Waals surface area contributed by atoms with Crippen LogP contribution in [0.4, 0.5) is 0 Å². The number of rotatable bonds is 8. The Morgan fingerprint density at radius 3 is 2.37 bits per heavy atom. The number of amides is 1. The van der Waals surface area contributed by atoms with E-state index in [0.717, 1.165) is 17.0 Å². The number of nitrogens with one attached hydrogen (secondary N) is 2. The number of ether oxygens (including phenoxy) is 2. The first kappa shape index (κ1) is 20.9. The van der Waals surface area contributed by atoms with Crippen LogP contribution in [0.2, 0.25) is 0 Å². The maximum atomic E-state index is 12.1. The Kier molecular flexibility index (Phi) is 6.69. The molecule has 1 heterocycles. The van der Waals surface area contributed by atoms with E-state index >= 15 is 0 Å². The normalized spacial score (nSPS) is 10.5. The zero-order valence-corrected chi connectivity index (χ0v) is 16.8. The van der Waals surface area contributed by atoms with Gasteiger partial charge in [-0.15, -0.1) is 0 Å². The lowest BCUT2D eigenvalue weighted by Gasteiger charge is -2.08. The summed E-state index contributed by atoms with van der Waals surface area (Å²) < 4.78 is 11.7. The quantitative estimate of drug-likeness (QED) is 0.554. The molecule has 0 aliphatic heterocycles. The predicted molar refractivity (Wildman–Crippen MR) is 111 cm³/mol. The van der Waals surface area contributed by atoms with E-state index in [9.17, 15) is 14.4 Å². The van der Waals surface area contributed by atoms with Gasteiger partial charge in [0, 0.05) is 18.4 Å². The van der Waals surface area contributed by atoms with E-state index in [0.29, 0.717) is 24.2 Å². The van der Waals surface area contributed by atoms with Crippen LogP contribution in [0.3, 0.4) is 0 Å². The molecule has 0 saturated heterocycles. The molecule has 3 aromatic rings. The molecule has 0 spiro atoms. The molecule has 2 aromatic carbocycles. The van der Waals surface area contributed by atoms with E-state index in [1.165, 1.54) is 4.57 Å². The monoisotopic (exact) mass is 409 g/mol. The summed E-state index contributed by atoms with van der Waals surface area (Å²) >= 11 is 0. The highest BCUT2D eigenvalue weighted by Gasteiger charge is 2.11. The van der Waals surface area contributed by atoms with Gasteiger partial charge in [-0.3, -0.25) is 9.36 Å². The summed E-state index contributed by atoms with van der Waals surface area (Å²) in [4.78, 5) is 38.5. The fourth-order valence-electron chi connectivity index (χ4n) is 2.93. The van der Waals surface area contributed by atoms with Crippen LogP contribution >= 0.6 is 0 Å². The van der Waals surface area contributed by atoms with Gasteiger partial charge >= 0.3 is 11.7 Å². The van der Waals surface area contributed by atoms with Crippen molar-refractivity contribution in [2.45, 2.75) is 13.3 Å². The van der Waals surface area contributed by atoms with Gasteiger partial charge in [0.15, 0.2) is 6.61 Å². The van der Waals surface area contributed by atoms with Crippen molar-refractivity contribution in [2.24, 2.45) is 0 Å². The Morgan fingerprint density at radius 2 is 1.77 bits per heavy atom. The minimum Gasteiger partial charge on any atom is -0.497 e. The minimum absolute atomic E-state index is 0.255. The van der Waals surface area contributed by atoms with Crippen LogP contribution in [-0.2, 0) is 16.0 Å². The highest BCUT2D eigenvalue weighted by Crippen LogP contribution is 2.12. The summed E-state index contributed by atoms with van der Waals surface area (Å²) in [6.07, 6.45) is 2.26. The molecular formula is C22H23N3O5. The molecule has 0 fully saturated rings. The van der Waals surface area contributed by atoms with E-state index in [2.05, 4.69) is 10.3 Å². The third-order valence-corrected chi connectivity index (χ3v) is 4.55. The van der Waals surface area contributed by atoms with Crippen molar-refractivity contribution in [3.05, 3.63) is 82.0 Å². The molecule has 8 nitrogen and oxygen atoms in total. The van der Waals surface area contributed by atoms with E-state index in [-0.39, 0.29) is 18.2 Å². The minimum atomic E-state index is -0.606. The summed E-state index contributed by atoms with van der Waals surface area (Å²) in [7, 11) is 1.61. The molecule has 0 bridgehead atoms. The number of hydrogen-bond acceptors (Lipinski definition) is 5. The highest BCUT2D eigenvalue weighted by atomic mass is 16.5. The van der Waals surface area contributed by atoms with Crippen LogP contribution in [0, 0.1) is 6.92 Å². The van der Waals surface area contributed by atoms with Crippen molar-refractivity contribution in [3.8, 4) is 11.4 Å². The smallest absolute Gasteiger partial charge is 0.338 e. The summed E-state index contributed by atoms with van der Waals surface area (Å²) in [6.45, 7) is 1.87. The first-order valence-corrected chi connectivity index (χ1v) is 9.42. The van der Waals surface area contributed by atoms with Crippen molar-refractivity contribution in [1.29, 1.82) is 0 Å². The lowest BCUT2D eigenvalue weighted by atomic mass is 10.1. The largest absolute Gasteiger partial charge is 0.497 e. The van der Waals surface area contributed by atoms with Gasteiger partial charge in [0.05, 0.1) is 18.4 Å². The van der Waals surface area contributed by atoms with Gasteiger partial charge in [-0.1, -0.05) is 12.1 Å². The number of carbonyl (C=O) groups is 2. The van der Waals surface area contributed by atoms with Crippen LogP contribution in [0.25, 0.3) is 5.69 Å². The molecule has 1 aromatic heterocycles. The standard InChI is InChI=1S/C22H23N3O5/c1-15-13-24-22(28)25(15)18-7-5-17(6-8-18)21(27)30-14-20(26)23-12-11-16-3-9-19(29-2)10-4-16/h3-10,13H,11-12,14H2,1-2H3,(H,23,26)(H,24,28). The Balaban J connectivity index is 1.45. The van der Waals surface area contributed by atoms with Gasteiger partial charge < -0.3 is 19.8 Å². The number of benzene rings is 2. The number of hydrogen-bond donors (Lipinski definition) is 2. The molecular weight excluding hydrogens is 386 g/mol. The molecule has 30 heavy (non-hydrogen) atoms. The third-order valence-electron chi connectivity index (χ3n) is 4.55. The molecule has 0 aliphatic carbocycles. The number of aromatic nitrogens is 2. The fraction of sp³-hybridized carbons (Fsp3) is 0.227. The van der Waals surface area contributed by atoms with Crippen molar-refractivity contribution >= 4 is 11.9 Å². The number of H-pyrrole nitrogens is 1. The van der Waals surface area contributed by atoms with Crippen molar-refractivity contribution in [1.82, 2.24) is 14.9 Å². The Labute approximate surface area is 173 Å². The van der Waals surface area contributed by atoms with Crippen molar-refractivity contribution in [2.75, 3.05) is 20.3 Å². The van der Waals surface area contributed by atoms with Crippen LogP contribution < -0.4 is 15.7 Å². The summed E-state index contributed by atoms with van der Waals surface area (Å²) in [5, 5.41) is 2.72. The molecule has 0 unspecified atom stereocenters. The number of esters is 1. The van der Waals surface area contributed by atoms with Gasteiger partial charge in [-0.25, -0.2) is 9.59 Å². The average molecular weight is 409 g/mol. The first-order chi connectivity index (χ1) is 14.5. The van der Waals surface area contributed by atoms with Gasteiger partial charge in [-0.05, 0) is 55.3 Å². The molecule has 0 radical (unpaired) electrons. The maximum absolute atomic E-state index is 12.1. The first-order valence-electron chi connectivity index (χ1n) is 9.42. The predicted octanol–water partition coefficient (Wildman–Crippen LogP) is 2.00. The number of methoxy groups -OCH3 is 1. The highest BCUT2D eigenvalue weighted by molar-refractivity contribution is 5.91. The van der Waals surface area contributed by atoms with E-state index in [1.54, 1.807) is 44.5 Å². The van der Waals surface area contributed by atoms with Gasteiger partial charge in [0.1, 0.15) is 5.75 Å². The molecule has 3 rings (SSSR count). The number of aryl methyl sites for hydroxylation is 1. The lowest BCUT2D eigenvalue weighted by molar-refractivity contribution is -0.124. The summed E-state index contributed by atoms with van der Waals surface area (Å²) in [5.74, 6) is -0.203. The number of aromatic amines is 1. The molecule has 0 aliphatic rings. The van der Waals surface area contributed by atoms with E-state index in [4.69, 9.17) is 9.47 Å². The molecule has 2 N–H and O–H groups in total. The third kappa shape index (κ3) is 5.16. The SMILES string of the molecule is COc1ccc(CCNC(=O)COC(=O)c2ccc(-n3c(C)c[nH]c3=O)cc2)cc1. The summed E-state index contributed by atoms with van der Waals surface area (Å²) in [5.41, 5.74) is 2.48. The Morgan fingerprint density at radius 1 is 1.07 bits per heavy atom. The Hall–Kier alpha value is -3.81. The van der Waals surface area contributed by atoms with Crippen LogP contribution in [0.5, 0.6) is 5.75 Å². The maximum Gasteiger partial charge on any atom is 0.338 e. The van der Waals surface area contributed by atoms with Gasteiger partial charge in [0.25, 0.3) is 5.91 Å². The van der Waals surface area contributed by atoms with Gasteiger partial charge in [-0.2, -0.15) is 0 Å². The van der Waals surface area contributed by atoms with Crippen molar-refractivity contribution < 1.29 is 19.1 Å². The average Bonchev–Trinajstić information content (AvgIpc) is 3.10. The molecule has 0 saturated carbocycles. The number of imidazole rings is 1. The number of nitrogens with zero attached hydrogens (tertiary/aromatic N) is 1. The second kappa shape index (κ2) is 9.60. The Bertz CT molecular complexity index is 1070. The second-order valence-corrected chi connectivity index (χ2v) is 6.64. The molecule has 0 atom stereocenters. The molecule has 8 heteroatoms. The molecule has 1 amide bonds. The number of carbonyl (C=O) groups excluding carboxylic acids is 2. The van der Waals surface area contributed by atoms with E-state index < -0.39 is 5.97 Å². The van der Waals surface area contributed by atoms with Gasteiger partial charge in [0.2, 0.25) is 0 Å².